The van der Waals surface area contributed by atoms with E-state index in [9.17, 15) is 14.4 Å². The second-order valence-corrected chi connectivity index (χ2v) is 6.27. The number of esters is 1. The smallest absolute Gasteiger partial charge is 0.306 e. The highest BCUT2D eigenvalue weighted by molar-refractivity contribution is 5.86. The Kier molecular flexibility index (Phi) is 6.56. The van der Waals surface area contributed by atoms with Crippen molar-refractivity contribution in [3.05, 3.63) is 35.4 Å². The van der Waals surface area contributed by atoms with Gasteiger partial charge in [-0.1, -0.05) is 24.3 Å². The molecular weight excluding hydrogens is 320 g/mol. The van der Waals surface area contributed by atoms with Crippen molar-refractivity contribution in [1.82, 2.24) is 9.80 Å². The van der Waals surface area contributed by atoms with Crippen LogP contribution >= 0.6 is 0 Å². The molecule has 2 rings (SSSR count). The van der Waals surface area contributed by atoms with Crippen LogP contribution in [0.25, 0.3) is 0 Å². The highest BCUT2D eigenvalue weighted by Gasteiger charge is 2.28. The molecule has 136 valence electrons. The summed E-state index contributed by atoms with van der Waals surface area (Å²) in [4.78, 5) is 39.2. The van der Waals surface area contributed by atoms with Crippen LogP contribution in [-0.4, -0.2) is 54.3 Å². The molecule has 1 aliphatic rings. The van der Waals surface area contributed by atoms with Crippen LogP contribution < -0.4 is 0 Å². The molecule has 6 nitrogen and oxygen atoms in total. The van der Waals surface area contributed by atoms with Gasteiger partial charge in [-0.25, -0.2) is 0 Å². The Balaban J connectivity index is 1.89. The van der Waals surface area contributed by atoms with E-state index in [1.807, 2.05) is 30.0 Å². The fraction of sp³-hybridized carbons (Fsp3) is 0.526. The third-order valence-corrected chi connectivity index (χ3v) is 4.56. The number of likely N-dealkylation sites (N-methyl/N-ethyl adjacent to an activating group) is 1. The summed E-state index contributed by atoms with van der Waals surface area (Å²) >= 11 is 0. The minimum atomic E-state index is -0.392. The molecule has 1 aliphatic heterocycles. The van der Waals surface area contributed by atoms with Crippen LogP contribution in [0.3, 0.4) is 0 Å². The van der Waals surface area contributed by atoms with Crippen LogP contribution in [0.15, 0.2) is 24.3 Å². The summed E-state index contributed by atoms with van der Waals surface area (Å²) in [5.74, 6) is -0.697. The van der Waals surface area contributed by atoms with Gasteiger partial charge in [-0.05, 0) is 31.4 Å². The maximum absolute atomic E-state index is 12.6. The normalized spacial score (nSPS) is 16.1. The van der Waals surface area contributed by atoms with E-state index in [1.165, 1.54) is 16.0 Å². The van der Waals surface area contributed by atoms with Gasteiger partial charge in [0.15, 0.2) is 0 Å². The van der Waals surface area contributed by atoms with Crippen LogP contribution in [0.1, 0.15) is 43.9 Å². The maximum Gasteiger partial charge on any atom is 0.306 e. The van der Waals surface area contributed by atoms with Gasteiger partial charge in [-0.15, -0.1) is 0 Å². The summed E-state index contributed by atoms with van der Waals surface area (Å²) in [6, 6.07) is 8.14. The van der Waals surface area contributed by atoms with Gasteiger partial charge in [0.25, 0.3) is 0 Å². The molecule has 0 N–H and O–H groups in total. The standard InChI is InChI=1S/C19H26N2O4/c1-4-25-19(24)10-9-17(22)20(3)13-18(23)21-12-11-15-7-5-6-8-16(15)14(21)2/h5-8,14H,4,9-13H2,1-3H3. The summed E-state index contributed by atoms with van der Waals surface area (Å²) in [5.41, 5.74) is 2.44. The van der Waals surface area contributed by atoms with Gasteiger partial charge in [0.2, 0.25) is 11.8 Å². The van der Waals surface area contributed by atoms with E-state index >= 15 is 0 Å². The number of rotatable bonds is 6. The van der Waals surface area contributed by atoms with Crippen LogP contribution in [0.2, 0.25) is 0 Å². The van der Waals surface area contributed by atoms with E-state index < -0.39 is 5.97 Å². The van der Waals surface area contributed by atoms with E-state index in [0.29, 0.717) is 13.2 Å². The highest BCUT2D eigenvalue weighted by Crippen LogP contribution is 2.29. The van der Waals surface area contributed by atoms with E-state index in [1.54, 1.807) is 14.0 Å². The summed E-state index contributed by atoms with van der Waals surface area (Å²) in [5, 5.41) is 0. The van der Waals surface area contributed by atoms with Crippen molar-refractivity contribution in [2.45, 2.75) is 39.2 Å². The van der Waals surface area contributed by atoms with Crippen molar-refractivity contribution in [3.63, 3.8) is 0 Å². The quantitative estimate of drug-likeness (QED) is 0.738. The van der Waals surface area contributed by atoms with Gasteiger partial charge in [0.05, 0.1) is 25.6 Å². The zero-order valence-corrected chi connectivity index (χ0v) is 15.2. The Hall–Kier alpha value is -2.37. The lowest BCUT2D eigenvalue weighted by Gasteiger charge is -2.36. The number of carbonyl (C=O) groups is 3. The molecule has 25 heavy (non-hydrogen) atoms. The monoisotopic (exact) mass is 346 g/mol. The average molecular weight is 346 g/mol. The van der Waals surface area contributed by atoms with Crippen molar-refractivity contribution >= 4 is 17.8 Å². The van der Waals surface area contributed by atoms with Crippen molar-refractivity contribution in [1.29, 1.82) is 0 Å². The predicted molar refractivity (Wildman–Crippen MR) is 93.8 cm³/mol. The molecule has 0 bridgehead atoms. The SMILES string of the molecule is CCOC(=O)CCC(=O)N(C)CC(=O)N1CCc2ccccc2C1C. The summed E-state index contributed by atoms with van der Waals surface area (Å²) < 4.78 is 4.81. The second-order valence-electron chi connectivity index (χ2n) is 6.27. The molecule has 0 aromatic heterocycles. The molecule has 1 aromatic rings. The Bertz CT molecular complexity index is 644. The molecule has 1 heterocycles. The zero-order valence-electron chi connectivity index (χ0n) is 15.2. The number of fused-ring (bicyclic) bond motifs is 1. The summed E-state index contributed by atoms with van der Waals surface area (Å²) in [6.45, 7) is 4.71. The number of ether oxygens (including phenoxy) is 1. The Labute approximate surface area is 148 Å². The molecule has 2 amide bonds. The molecule has 0 spiro atoms. The number of nitrogens with zero attached hydrogens (tertiary/aromatic N) is 2. The number of benzene rings is 1. The van der Waals surface area contributed by atoms with Crippen LogP contribution in [0, 0.1) is 0 Å². The van der Waals surface area contributed by atoms with Crippen molar-refractivity contribution in [3.8, 4) is 0 Å². The number of carbonyl (C=O) groups excluding carboxylic acids is 3. The molecule has 1 unspecified atom stereocenters. The van der Waals surface area contributed by atoms with Crippen LogP contribution in [0.4, 0.5) is 0 Å². The maximum atomic E-state index is 12.6. The van der Waals surface area contributed by atoms with Gasteiger partial charge >= 0.3 is 5.97 Å². The molecule has 0 fully saturated rings. The van der Waals surface area contributed by atoms with Crippen LogP contribution in [0.5, 0.6) is 0 Å². The lowest BCUT2D eigenvalue weighted by atomic mass is 9.93. The third kappa shape index (κ3) is 4.81. The predicted octanol–water partition coefficient (Wildman–Crippen LogP) is 1.93. The lowest BCUT2D eigenvalue weighted by molar-refractivity contribution is -0.146. The number of hydrogen-bond donors (Lipinski definition) is 0. The second kappa shape index (κ2) is 8.65. The Morgan fingerprint density at radius 3 is 2.68 bits per heavy atom. The molecule has 0 saturated carbocycles. The topological polar surface area (TPSA) is 66.9 Å². The number of hydrogen-bond acceptors (Lipinski definition) is 4. The van der Waals surface area contributed by atoms with Crippen molar-refractivity contribution < 1.29 is 19.1 Å². The van der Waals surface area contributed by atoms with Gasteiger partial charge < -0.3 is 14.5 Å². The van der Waals surface area contributed by atoms with E-state index in [-0.39, 0.29) is 37.2 Å². The summed E-state index contributed by atoms with van der Waals surface area (Å²) in [6.07, 6.45) is 0.923. The Morgan fingerprint density at radius 1 is 1.24 bits per heavy atom. The highest BCUT2D eigenvalue weighted by atomic mass is 16.5. The first-order chi connectivity index (χ1) is 11.9. The molecule has 0 aliphatic carbocycles. The average Bonchev–Trinajstić information content (AvgIpc) is 2.60. The zero-order chi connectivity index (χ0) is 18.4. The molecule has 1 aromatic carbocycles. The van der Waals surface area contributed by atoms with Crippen molar-refractivity contribution in [2.24, 2.45) is 0 Å². The number of amides is 2. The first-order valence-electron chi connectivity index (χ1n) is 8.70. The van der Waals surface area contributed by atoms with Gasteiger partial charge in [-0.3, -0.25) is 14.4 Å². The fourth-order valence-electron chi connectivity index (χ4n) is 3.13. The van der Waals surface area contributed by atoms with Crippen LogP contribution in [-0.2, 0) is 25.5 Å². The third-order valence-electron chi connectivity index (χ3n) is 4.56. The largest absolute Gasteiger partial charge is 0.466 e. The van der Waals surface area contributed by atoms with Gasteiger partial charge in [-0.2, -0.15) is 0 Å². The van der Waals surface area contributed by atoms with E-state index in [0.717, 1.165) is 6.42 Å². The minimum absolute atomic E-state index is 0.000448. The lowest BCUT2D eigenvalue weighted by Crippen LogP contribution is -2.45. The fourth-order valence-corrected chi connectivity index (χ4v) is 3.13. The molecule has 0 saturated heterocycles. The van der Waals surface area contributed by atoms with Gasteiger partial charge in [0.1, 0.15) is 0 Å². The minimum Gasteiger partial charge on any atom is -0.466 e. The first-order valence-corrected chi connectivity index (χ1v) is 8.70. The molecule has 0 radical (unpaired) electrons. The molecular formula is C19H26N2O4. The summed E-state index contributed by atoms with van der Waals surface area (Å²) in [7, 11) is 1.59. The van der Waals surface area contributed by atoms with Gasteiger partial charge in [0, 0.05) is 20.0 Å². The van der Waals surface area contributed by atoms with Crippen molar-refractivity contribution in [2.75, 3.05) is 26.7 Å². The Morgan fingerprint density at radius 2 is 1.96 bits per heavy atom. The molecule has 1 atom stereocenters. The van der Waals surface area contributed by atoms with E-state index in [2.05, 4.69) is 6.07 Å². The van der Waals surface area contributed by atoms with E-state index in [4.69, 9.17) is 4.74 Å². The molecule has 6 heteroatoms. The first kappa shape index (κ1) is 19.0.